The van der Waals surface area contributed by atoms with Crippen LogP contribution in [0, 0.1) is 5.92 Å². The number of carbonyl (C=O) groups is 1. The minimum atomic E-state index is -4.37. The molecule has 26 heavy (non-hydrogen) atoms. The molecule has 3 N–H and O–H groups in total. The summed E-state index contributed by atoms with van der Waals surface area (Å²) in [5, 5.41) is 12.0. The quantitative estimate of drug-likeness (QED) is 0.685. The number of hydrogen-bond acceptors (Lipinski definition) is 5. The Kier molecular flexibility index (Phi) is 5.96. The normalized spacial score (nSPS) is 12.8. The summed E-state index contributed by atoms with van der Waals surface area (Å²) < 4.78 is 37.2. The number of H-pyrrole nitrogens is 1. The number of nitrogens with one attached hydrogen (secondary N) is 2. The van der Waals surface area contributed by atoms with E-state index in [1.165, 1.54) is 24.3 Å². The fourth-order valence-electron chi connectivity index (χ4n) is 2.29. The first-order valence-electron chi connectivity index (χ1n) is 7.52. The number of aromatic hydroxyl groups is 1. The molecule has 0 aliphatic heterocycles. The van der Waals surface area contributed by atoms with Crippen molar-refractivity contribution in [2.24, 2.45) is 5.92 Å². The predicted octanol–water partition coefficient (Wildman–Crippen LogP) is 3.21. The number of halogens is 3. The fourth-order valence-corrected chi connectivity index (χ4v) is 2.83. The zero-order valence-electron chi connectivity index (χ0n) is 13.8. The van der Waals surface area contributed by atoms with Gasteiger partial charge in [0.1, 0.15) is 5.69 Å². The van der Waals surface area contributed by atoms with Gasteiger partial charge in [-0.2, -0.15) is 18.2 Å². The lowest BCUT2D eigenvalue weighted by Gasteiger charge is -2.23. The van der Waals surface area contributed by atoms with Crippen molar-refractivity contribution in [2.45, 2.75) is 30.3 Å². The maximum atomic E-state index is 12.4. The zero-order chi connectivity index (χ0) is 19.5. The van der Waals surface area contributed by atoms with Gasteiger partial charge in [0, 0.05) is 11.0 Å². The number of rotatable bonds is 5. The van der Waals surface area contributed by atoms with Crippen LogP contribution in [0.2, 0.25) is 0 Å². The molecule has 1 aromatic carbocycles. The molecule has 0 bridgehead atoms. The SMILES string of the molecule is CC(C)[C@@H](NC(=O)c1cc(=O)[nH]c(O)n1)c1ccc(SC(F)(F)F)cc1. The second-order valence-electron chi connectivity index (χ2n) is 5.77. The highest BCUT2D eigenvalue weighted by molar-refractivity contribution is 8.00. The molecule has 1 aromatic heterocycles. The number of hydrogen-bond donors (Lipinski definition) is 3. The lowest BCUT2D eigenvalue weighted by Crippen LogP contribution is -2.33. The van der Waals surface area contributed by atoms with Gasteiger partial charge in [0.25, 0.3) is 17.5 Å². The Labute approximate surface area is 150 Å². The third-order valence-electron chi connectivity index (χ3n) is 3.39. The predicted molar refractivity (Wildman–Crippen MR) is 89.9 cm³/mol. The highest BCUT2D eigenvalue weighted by atomic mass is 32.2. The molecule has 6 nitrogen and oxygen atoms in total. The number of carbonyl (C=O) groups excluding carboxylic acids is 1. The lowest BCUT2D eigenvalue weighted by molar-refractivity contribution is -0.0328. The van der Waals surface area contributed by atoms with E-state index in [-0.39, 0.29) is 28.3 Å². The molecule has 2 aromatic rings. The van der Waals surface area contributed by atoms with Crippen LogP contribution in [0.4, 0.5) is 13.2 Å². The average molecular weight is 387 g/mol. The van der Waals surface area contributed by atoms with Crippen LogP contribution in [0.25, 0.3) is 0 Å². The summed E-state index contributed by atoms with van der Waals surface area (Å²) in [7, 11) is 0. The first kappa shape index (κ1) is 19.8. The van der Waals surface area contributed by atoms with Gasteiger partial charge in [-0.1, -0.05) is 26.0 Å². The van der Waals surface area contributed by atoms with Crippen LogP contribution in [0.1, 0.15) is 35.9 Å². The molecule has 2 rings (SSSR count). The van der Waals surface area contributed by atoms with Gasteiger partial charge in [0.15, 0.2) is 0 Å². The van der Waals surface area contributed by atoms with Crippen molar-refractivity contribution in [1.29, 1.82) is 0 Å². The summed E-state index contributed by atoms with van der Waals surface area (Å²) in [6, 6.07) is 5.39. The van der Waals surface area contributed by atoms with Crippen LogP contribution >= 0.6 is 11.8 Å². The van der Waals surface area contributed by atoms with E-state index in [9.17, 15) is 27.9 Å². The largest absolute Gasteiger partial charge is 0.480 e. The zero-order valence-corrected chi connectivity index (χ0v) is 14.6. The molecule has 0 unspecified atom stereocenters. The van der Waals surface area contributed by atoms with Crippen molar-refractivity contribution >= 4 is 17.7 Å². The maximum Gasteiger partial charge on any atom is 0.446 e. The van der Waals surface area contributed by atoms with Crippen LogP contribution < -0.4 is 10.9 Å². The molecule has 1 heterocycles. The van der Waals surface area contributed by atoms with E-state index >= 15 is 0 Å². The summed E-state index contributed by atoms with van der Waals surface area (Å²) in [5.74, 6) is -0.769. The number of amides is 1. The van der Waals surface area contributed by atoms with Gasteiger partial charge in [0.05, 0.1) is 6.04 Å². The van der Waals surface area contributed by atoms with Crippen molar-refractivity contribution in [3.8, 4) is 6.01 Å². The summed E-state index contributed by atoms with van der Waals surface area (Å²) in [6.07, 6.45) is 0. The van der Waals surface area contributed by atoms with E-state index in [1.54, 1.807) is 0 Å². The van der Waals surface area contributed by atoms with Gasteiger partial charge in [-0.15, -0.1) is 0 Å². The molecular formula is C16H16F3N3O3S. The van der Waals surface area contributed by atoms with E-state index in [4.69, 9.17) is 0 Å². The third-order valence-corrected chi connectivity index (χ3v) is 4.13. The molecule has 140 valence electrons. The Morgan fingerprint density at radius 3 is 2.38 bits per heavy atom. The molecule has 0 saturated carbocycles. The molecule has 0 fully saturated rings. The standard InChI is InChI=1S/C16H16F3N3O3S/c1-8(2)13(9-3-5-10(6-4-9)26-16(17,18)19)22-14(24)11-7-12(23)21-15(25)20-11/h3-8,13H,1-2H3,(H,22,24)(H2,20,21,23,25)/t13-/m1/s1. The Morgan fingerprint density at radius 1 is 1.27 bits per heavy atom. The molecule has 0 aliphatic rings. The highest BCUT2D eigenvalue weighted by Gasteiger charge is 2.29. The van der Waals surface area contributed by atoms with Gasteiger partial charge in [-0.3, -0.25) is 14.6 Å². The molecule has 0 saturated heterocycles. The van der Waals surface area contributed by atoms with E-state index in [1.807, 2.05) is 18.8 Å². The Hall–Kier alpha value is -2.49. The van der Waals surface area contributed by atoms with Crippen molar-refractivity contribution in [2.75, 3.05) is 0 Å². The summed E-state index contributed by atoms with van der Waals surface area (Å²) in [6.45, 7) is 3.65. The van der Waals surface area contributed by atoms with E-state index in [0.29, 0.717) is 5.56 Å². The monoisotopic (exact) mass is 387 g/mol. The highest BCUT2D eigenvalue weighted by Crippen LogP contribution is 2.37. The van der Waals surface area contributed by atoms with Crippen molar-refractivity contribution in [3.05, 3.63) is 51.9 Å². The van der Waals surface area contributed by atoms with Crippen molar-refractivity contribution < 1.29 is 23.1 Å². The van der Waals surface area contributed by atoms with Crippen LogP contribution in [0.5, 0.6) is 6.01 Å². The second kappa shape index (κ2) is 7.81. The molecule has 1 amide bonds. The number of thioether (sulfide) groups is 1. The van der Waals surface area contributed by atoms with Crippen LogP contribution in [-0.2, 0) is 0 Å². The third kappa shape index (κ3) is 5.51. The average Bonchev–Trinajstić information content (AvgIpc) is 2.50. The van der Waals surface area contributed by atoms with Gasteiger partial charge in [0.2, 0.25) is 0 Å². The minimum Gasteiger partial charge on any atom is -0.480 e. The minimum absolute atomic E-state index is 0.0382. The number of aromatic amines is 1. The van der Waals surface area contributed by atoms with Crippen LogP contribution in [-0.4, -0.2) is 26.5 Å². The van der Waals surface area contributed by atoms with Gasteiger partial charge >= 0.3 is 5.51 Å². The van der Waals surface area contributed by atoms with Crippen molar-refractivity contribution in [3.63, 3.8) is 0 Å². The van der Waals surface area contributed by atoms with Gasteiger partial charge in [-0.05, 0) is 35.4 Å². The fraction of sp³-hybridized carbons (Fsp3) is 0.312. The number of nitrogens with zero attached hydrogens (tertiary/aromatic N) is 1. The van der Waals surface area contributed by atoms with E-state index in [0.717, 1.165) is 6.07 Å². The Balaban J connectivity index is 2.20. The molecule has 0 spiro atoms. The summed E-state index contributed by atoms with van der Waals surface area (Å²) in [5.41, 5.74) is -4.71. The molecular weight excluding hydrogens is 371 g/mol. The van der Waals surface area contributed by atoms with E-state index < -0.39 is 29.0 Å². The van der Waals surface area contributed by atoms with Crippen LogP contribution in [0.15, 0.2) is 40.0 Å². The maximum absolute atomic E-state index is 12.4. The lowest BCUT2D eigenvalue weighted by atomic mass is 9.96. The van der Waals surface area contributed by atoms with E-state index in [2.05, 4.69) is 10.3 Å². The summed E-state index contributed by atoms with van der Waals surface area (Å²) in [4.78, 5) is 29.2. The molecule has 0 aliphatic carbocycles. The Morgan fingerprint density at radius 2 is 1.88 bits per heavy atom. The smallest absolute Gasteiger partial charge is 0.446 e. The summed E-state index contributed by atoms with van der Waals surface area (Å²) >= 11 is -0.220. The number of alkyl halides is 3. The van der Waals surface area contributed by atoms with Crippen molar-refractivity contribution in [1.82, 2.24) is 15.3 Å². The molecule has 0 radical (unpaired) electrons. The first-order valence-corrected chi connectivity index (χ1v) is 8.33. The topological polar surface area (TPSA) is 95.1 Å². The molecule has 1 atom stereocenters. The molecule has 10 heteroatoms. The first-order chi connectivity index (χ1) is 12.0. The van der Waals surface area contributed by atoms with Gasteiger partial charge in [-0.25, -0.2) is 0 Å². The Bertz CT molecular complexity index is 835. The van der Waals surface area contributed by atoms with Crippen LogP contribution in [0.3, 0.4) is 0 Å². The second-order valence-corrected chi connectivity index (χ2v) is 6.90. The van der Waals surface area contributed by atoms with Gasteiger partial charge < -0.3 is 10.4 Å². The number of aromatic nitrogens is 2. The number of benzene rings is 1.